The molecule has 5 heteroatoms. The third-order valence-corrected chi connectivity index (χ3v) is 3.33. The van der Waals surface area contributed by atoms with E-state index in [2.05, 4.69) is 5.32 Å². The highest BCUT2D eigenvalue weighted by Gasteiger charge is 2.20. The van der Waals surface area contributed by atoms with Crippen LogP contribution in [0.4, 0.5) is 14.5 Å². The molecule has 0 saturated carbocycles. The molecule has 3 nitrogen and oxygen atoms in total. The predicted molar refractivity (Wildman–Crippen MR) is 85.6 cm³/mol. The molecule has 0 aliphatic carbocycles. The van der Waals surface area contributed by atoms with Crippen molar-refractivity contribution in [2.75, 3.05) is 5.32 Å². The number of halogens is 2. The number of hydrogen-bond acceptors (Lipinski definition) is 2. The molecule has 2 aromatic rings. The number of amides is 1. The molecule has 0 aromatic heterocycles. The standard InChI is InChI=1S/C18H19F2NO2/c1-4-17(23-14-8-11(2)7-12(3)9-14)18(22)21-16-6-5-13(19)10-15(16)20/h5-10,17H,4H2,1-3H3,(H,21,22). The number of ether oxygens (including phenoxy) is 1. The Morgan fingerprint density at radius 3 is 2.35 bits per heavy atom. The van der Waals surface area contributed by atoms with Crippen molar-refractivity contribution in [2.24, 2.45) is 0 Å². The van der Waals surface area contributed by atoms with Crippen LogP contribution >= 0.6 is 0 Å². The largest absolute Gasteiger partial charge is 0.481 e. The number of benzene rings is 2. The van der Waals surface area contributed by atoms with E-state index in [1.165, 1.54) is 6.07 Å². The van der Waals surface area contributed by atoms with Crippen molar-refractivity contribution in [1.29, 1.82) is 0 Å². The lowest BCUT2D eigenvalue weighted by atomic mass is 10.1. The van der Waals surface area contributed by atoms with Gasteiger partial charge in [0.1, 0.15) is 17.4 Å². The summed E-state index contributed by atoms with van der Waals surface area (Å²) in [4.78, 5) is 12.3. The molecule has 1 unspecified atom stereocenters. The lowest BCUT2D eigenvalue weighted by Gasteiger charge is -2.18. The molecule has 1 atom stereocenters. The van der Waals surface area contributed by atoms with Crippen LogP contribution in [0.15, 0.2) is 36.4 Å². The molecule has 0 fully saturated rings. The Bertz CT molecular complexity index is 696. The predicted octanol–water partition coefficient (Wildman–Crippen LogP) is 4.38. The van der Waals surface area contributed by atoms with Crippen LogP contribution in [0.5, 0.6) is 5.75 Å². The number of carbonyl (C=O) groups is 1. The minimum atomic E-state index is -0.820. The maximum absolute atomic E-state index is 13.6. The SMILES string of the molecule is CCC(Oc1cc(C)cc(C)c1)C(=O)Nc1ccc(F)cc1F. The number of rotatable bonds is 5. The zero-order valence-corrected chi connectivity index (χ0v) is 13.3. The molecular formula is C18H19F2NO2. The first-order chi connectivity index (χ1) is 10.9. The van der Waals surface area contributed by atoms with Crippen molar-refractivity contribution in [3.63, 3.8) is 0 Å². The lowest BCUT2D eigenvalue weighted by molar-refractivity contribution is -0.122. The fourth-order valence-corrected chi connectivity index (χ4v) is 2.29. The fraction of sp³-hybridized carbons (Fsp3) is 0.278. The van der Waals surface area contributed by atoms with Gasteiger partial charge in [0.2, 0.25) is 0 Å². The van der Waals surface area contributed by atoms with Gasteiger partial charge in [-0.3, -0.25) is 4.79 Å². The first kappa shape index (κ1) is 16.9. The molecule has 0 radical (unpaired) electrons. The summed E-state index contributed by atoms with van der Waals surface area (Å²) in [6.07, 6.45) is -0.345. The Balaban J connectivity index is 2.12. The summed E-state index contributed by atoms with van der Waals surface area (Å²) in [5.74, 6) is -1.40. The van der Waals surface area contributed by atoms with E-state index in [9.17, 15) is 13.6 Å². The second-order valence-corrected chi connectivity index (χ2v) is 5.45. The highest BCUT2D eigenvalue weighted by Crippen LogP contribution is 2.20. The van der Waals surface area contributed by atoms with Crippen LogP contribution in [0.3, 0.4) is 0 Å². The van der Waals surface area contributed by atoms with E-state index in [0.717, 1.165) is 23.3 Å². The molecule has 1 N–H and O–H groups in total. The number of carbonyl (C=O) groups excluding carboxylic acids is 1. The number of aryl methyl sites for hydroxylation is 2. The minimum absolute atomic E-state index is 0.0705. The van der Waals surface area contributed by atoms with Crippen LogP contribution < -0.4 is 10.1 Å². The third-order valence-electron chi connectivity index (χ3n) is 3.33. The van der Waals surface area contributed by atoms with E-state index in [1.54, 1.807) is 6.92 Å². The first-order valence-corrected chi connectivity index (χ1v) is 7.40. The molecule has 0 aliphatic heterocycles. The van der Waals surface area contributed by atoms with Gasteiger partial charge in [-0.1, -0.05) is 13.0 Å². The average Bonchev–Trinajstić information content (AvgIpc) is 2.46. The van der Waals surface area contributed by atoms with E-state index in [1.807, 2.05) is 32.0 Å². The van der Waals surface area contributed by atoms with Crippen molar-refractivity contribution >= 4 is 11.6 Å². The lowest BCUT2D eigenvalue weighted by Crippen LogP contribution is -2.32. The van der Waals surface area contributed by atoms with Gasteiger partial charge >= 0.3 is 0 Å². The topological polar surface area (TPSA) is 38.3 Å². The Morgan fingerprint density at radius 2 is 1.78 bits per heavy atom. The molecule has 0 heterocycles. The van der Waals surface area contributed by atoms with E-state index in [0.29, 0.717) is 12.2 Å². The Kier molecular flexibility index (Phi) is 5.32. The van der Waals surface area contributed by atoms with Crippen molar-refractivity contribution in [3.05, 3.63) is 59.2 Å². The summed E-state index contributed by atoms with van der Waals surface area (Å²) in [5.41, 5.74) is 1.98. The molecule has 122 valence electrons. The summed E-state index contributed by atoms with van der Waals surface area (Å²) >= 11 is 0. The van der Waals surface area contributed by atoms with Crippen LogP contribution in [-0.4, -0.2) is 12.0 Å². The van der Waals surface area contributed by atoms with E-state index in [-0.39, 0.29) is 5.69 Å². The second-order valence-electron chi connectivity index (χ2n) is 5.45. The minimum Gasteiger partial charge on any atom is -0.481 e. The van der Waals surface area contributed by atoms with Crippen molar-refractivity contribution in [2.45, 2.75) is 33.3 Å². The Morgan fingerprint density at radius 1 is 1.13 bits per heavy atom. The van der Waals surface area contributed by atoms with E-state index >= 15 is 0 Å². The molecule has 2 rings (SSSR count). The van der Waals surface area contributed by atoms with Crippen molar-refractivity contribution < 1.29 is 18.3 Å². The summed E-state index contributed by atoms with van der Waals surface area (Å²) in [5, 5.41) is 2.43. The number of nitrogens with one attached hydrogen (secondary N) is 1. The molecular weight excluding hydrogens is 300 g/mol. The first-order valence-electron chi connectivity index (χ1n) is 7.40. The van der Waals surface area contributed by atoms with Gasteiger partial charge in [0.15, 0.2) is 6.10 Å². The van der Waals surface area contributed by atoms with Gasteiger partial charge < -0.3 is 10.1 Å². The van der Waals surface area contributed by atoms with Crippen LogP contribution in [-0.2, 0) is 4.79 Å². The maximum Gasteiger partial charge on any atom is 0.265 e. The summed E-state index contributed by atoms with van der Waals surface area (Å²) in [6.45, 7) is 5.68. The van der Waals surface area contributed by atoms with Gasteiger partial charge in [-0.2, -0.15) is 0 Å². The fourth-order valence-electron chi connectivity index (χ4n) is 2.29. The van der Waals surface area contributed by atoms with Gasteiger partial charge in [-0.25, -0.2) is 8.78 Å². The molecule has 1 amide bonds. The van der Waals surface area contributed by atoms with Gasteiger partial charge in [0.05, 0.1) is 5.69 Å². The summed E-state index contributed by atoms with van der Waals surface area (Å²) < 4.78 is 32.2. The Hall–Kier alpha value is -2.43. The van der Waals surface area contributed by atoms with Crippen LogP contribution in [0, 0.1) is 25.5 Å². The second kappa shape index (κ2) is 7.22. The summed E-state index contributed by atoms with van der Waals surface area (Å²) in [7, 11) is 0. The van der Waals surface area contributed by atoms with Gasteiger partial charge in [-0.15, -0.1) is 0 Å². The zero-order valence-electron chi connectivity index (χ0n) is 13.3. The van der Waals surface area contributed by atoms with E-state index < -0.39 is 23.6 Å². The molecule has 23 heavy (non-hydrogen) atoms. The van der Waals surface area contributed by atoms with Crippen LogP contribution in [0.2, 0.25) is 0 Å². The number of anilines is 1. The highest BCUT2D eigenvalue weighted by molar-refractivity contribution is 5.94. The summed E-state index contributed by atoms with van der Waals surface area (Å²) in [6, 6.07) is 8.67. The van der Waals surface area contributed by atoms with E-state index in [4.69, 9.17) is 4.74 Å². The van der Waals surface area contributed by atoms with Crippen molar-refractivity contribution in [1.82, 2.24) is 0 Å². The Labute approximate surface area is 134 Å². The third kappa shape index (κ3) is 4.52. The van der Waals surface area contributed by atoms with Crippen LogP contribution in [0.1, 0.15) is 24.5 Å². The highest BCUT2D eigenvalue weighted by atomic mass is 19.1. The monoisotopic (exact) mass is 319 g/mol. The normalized spacial score (nSPS) is 11.9. The molecule has 0 spiro atoms. The maximum atomic E-state index is 13.6. The molecule has 0 saturated heterocycles. The molecule has 0 bridgehead atoms. The van der Waals surface area contributed by atoms with Crippen LogP contribution in [0.25, 0.3) is 0 Å². The van der Waals surface area contributed by atoms with Crippen molar-refractivity contribution in [3.8, 4) is 5.75 Å². The average molecular weight is 319 g/mol. The number of hydrogen-bond donors (Lipinski definition) is 1. The molecule has 2 aromatic carbocycles. The zero-order chi connectivity index (χ0) is 17.0. The van der Waals surface area contributed by atoms with Gasteiger partial charge in [0.25, 0.3) is 5.91 Å². The molecule has 0 aliphatic rings. The quantitative estimate of drug-likeness (QED) is 0.888. The smallest absolute Gasteiger partial charge is 0.265 e. The van der Waals surface area contributed by atoms with Gasteiger partial charge in [-0.05, 0) is 55.7 Å². The van der Waals surface area contributed by atoms with Gasteiger partial charge in [0, 0.05) is 6.07 Å².